The third kappa shape index (κ3) is 2.68. The fourth-order valence-electron chi connectivity index (χ4n) is 1.49. The topological polar surface area (TPSA) is 32.3 Å². The first-order valence-electron chi connectivity index (χ1n) is 4.83. The summed E-state index contributed by atoms with van der Waals surface area (Å²) in [5.41, 5.74) is 3.88. The van der Waals surface area contributed by atoms with Gasteiger partial charge in [-0.25, -0.2) is 0 Å². The predicted octanol–water partition coefficient (Wildman–Crippen LogP) is 1.62. The predicted molar refractivity (Wildman–Crippen MR) is 55.6 cm³/mol. The van der Waals surface area contributed by atoms with Crippen LogP contribution in [0.15, 0.2) is 22.8 Å². The first kappa shape index (κ1) is 10.5. The van der Waals surface area contributed by atoms with Gasteiger partial charge in [-0.1, -0.05) is 17.2 Å². The van der Waals surface area contributed by atoms with E-state index in [9.17, 15) is 0 Å². The first-order chi connectivity index (χ1) is 6.15. The van der Waals surface area contributed by atoms with Crippen LogP contribution in [0.25, 0.3) is 0 Å². The summed E-state index contributed by atoms with van der Waals surface area (Å²) in [5.74, 6) is 0. The molecule has 0 spiro atoms. The minimum atomic E-state index is 0.203. The second-order valence-electron chi connectivity index (χ2n) is 3.85. The van der Waals surface area contributed by atoms with E-state index in [2.05, 4.69) is 32.2 Å². The molecule has 0 aliphatic carbocycles. The Labute approximate surface area is 80.3 Å². The smallest absolute Gasteiger partial charge is 0.0642 e. The van der Waals surface area contributed by atoms with Crippen molar-refractivity contribution in [1.29, 1.82) is 0 Å². The van der Waals surface area contributed by atoms with E-state index in [1.54, 1.807) is 0 Å². The largest absolute Gasteiger partial charge is 0.392 e. The molecule has 2 heteroatoms. The number of rotatable bonds is 2. The van der Waals surface area contributed by atoms with Crippen molar-refractivity contribution in [3.63, 3.8) is 0 Å². The summed E-state index contributed by atoms with van der Waals surface area (Å²) < 4.78 is 0. The van der Waals surface area contributed by atoms with Crippen LogP contribution >= 0.6 is 0 Å². The highest BCUT2D eigenvalue weighted by Gasteiger charge is 2.13. The van der Waals surface area contributed by atoms with Gasteiger partial charge in [-0.3, -0.25) is 0 Å². The summed E-state index contributed by atoms with van der Waals surface area (Å²) in [6, 6.07) is 0.334. The lowest BCUT2D eigenvalue weighted by molar-refractivity contribution is 0.322. The molecule has 2 N–H and O–H groups in total. The number of hydrogen-bond acceptors (Lipinski definition) is 2. The molecule has 74 valence electrons. The summed E-state index contributed by atoms with van der Waals surface area (Å²) in [4.78, 5) is 0. The molecule has 0 radical (unpaired) electrons. The van der Waals surface area contributed by atoms with Crippen molar-refractivity contribution >= 4 is 0 Å². The second-order valence-corrected chi connectivity index (χ2v) is 3.85. The van der Waals surface area contributed by atoms with Crippen LogP contribution in [0.2, 0.25) is 0 Å². The Morgan fingerprint density at radius 1 is 1.54 bits per heavy atom. The molecule has 0 aromatic carbocycles. The Morgan fingerprint density at radius 2 is 2.23 bits per heavy atom. The zero-order valence-corrected chi connectivity index (χ0v) is 8.72. The molecule has 0 aromatic rings. The molecule has 13 heavy (non-hydrogen) atoms. The van der Waals surface area contributed by atoms with E-state index in [4.69, 9.17) is 5.11 Å². The van der Waals surface area contributed by atoms with Gasteiger partial charge in [0.1, 0.15) is 0 Å². The molecule has 0 saturated heterocycles. The van der Waals surface area contributed by atoms with Crippen molar-refractivity contribution in [3.8, 4) is 0 Å². The van der Waals surface area contributed by atoms with E-state index in [0.29, 0.717) is 6.04 Å². The SMILES string of the molecule is CC(C)=C(C)C1C=C(CO)CCN1. The lowest BCUT2D eigenvalue weighted by Gasteiger charge is -2.23. The van der Waals surface area contributed by atoms with Gasteiger partial charge in [0.15, 0.2) is 0 Å². The third-order valence-corrected chi connectivity index (χ3v) is 2.67. The van der Waals surface area contributed by atoms with Gasteiger partial charge in [0, 0.05) is 6.04 Å². The highest BCUT2D eigenvalue weighted by Crippen LogP contribution is 2.15. The molecule has 1 unspecified atom stereocenters. The van der Waals surface area contributed by atoms with Crippen molar-refractivity contribution in [1.82, 2.24) is 5.32 Å². The Balaban J connectivity index is 2.77. The summed E-state index contributed by atoms with van der Waals surface area (Å²) in [6.07, 6.45) is 3.12. The van der Waals surface area contributed by atoms with Crippen LogP contribution in [0.3, 0.4) is 0 Å². The van der Waals surface area contributed by atoms with Crippen molar-refractivity contribution in [3.05, 3.63) is 22.8 Å². The summed E-state index contributed by atoms with van der Waals surface area (Å²) in [7, 11) is 0. The normalized spacial score (nSPS) is 22.5. The number of nitrogens with one attached hydrogen (secondary N) is 1. The van der Waals surface area contributed by atoms with Crippen LogP contribution in [-0.4, -0.2) is 24.3 Å². The van der Waals surface area contributed by atoms with Gasteiger partial charge in [-0.2, -0.15) is 0 Å². The van der Waals surface area contributed by atoms with E-state index < -0.39 is 0 Å². The van der Waals surface area contributed by atoms with Crippen molar-refractivity contribution < 1.29 is 5.11 Å². The molecule has 0 saturated carbocycles. The summed E-state index contributed by atoms with van der Waals surface area (Å²) >= 11 is 0. The highest BCUT2D eigenvalue weighted by atomic mass is 16.3. The van der Waals surface area contributed by atoms with Crippen LogP contribution in [0.4, 0.5) is 0 Å². The van der Waals surface area contributed by atoms with Gasteiger partial charge in [0.2, 0.25) is 0 Å². The van der Waals surface area contributed by atoms with Crippen molar-refractivity contribution in [2.24, 2.45) is 0 Å². The minimum absolute atomic E-state index is 0.203. The maximum Gasteiger partial charge on any atom is 0.0642 e. The number of aliphatic hydroxyl groups excluding tert-OH is 1. The first-order valence-corrected chi connectivity index (χ1v) is 4.83. The van der Waals surface area contributed by atoms with Gasteiger partial charge in [0.25, 0.3) is 0 Å². The molecule has 0 amide bonds. The van der Waals surface area contributed by atoms with Gasteiger partial charge < -0.3 is 10.4 Å². The van der Waals surface area contributed by atoms with Crippen LogP contribution in [0, 0.1) is 0 Å². The van der Waals surface area contributed by atoms with E-state index in [1.807, 2.05) is 0 Å². The Hall–Kier alpha value is -0.600. The van der Waals surface area contributed by atoms with Crippen LogP contribution in [-0.2, 0) is 0 Å². The fourth-order valence-corrected chi connectivity index (χ4v) is 1.49. The Bertz CT molecular complexity index is 236. The lowest BCUT2D eigenvalue weighted by atomic mass is 9.97. The van der Waals surface area contributed by atoms with E-state index in [1.165, 1.54) is 11.1 Å². The van der Waals surface area contributed by atoms with Crippen molar-refractivity contribution in [2.75, 3.05) is 13.2 Å². The molecule has 0 bridgehead atoms. The molecule has 0 aromatic heterocycles. The average Bonchev–Trinajstić information content (AvgIpc) is 2.16. The van der Waals surface area contributed by atoms with Gasteiger partial charge in [-0.15, -0.1) is 0 Å². The van der Waals surface area contributed by atoms with Gasteiger partial charge >= 0.3 is 0 Å². The quantitative estimate of drug-likeness (QED) is 0.634. The molecule has 1 atom stereocenters. The zero-order chi connectivity index (χ0) is 9.84. The number of hydrogen-bond donors (Lipinski definition) is 2. The fraction of sp³-hybridized carbons (Fsp3) is 0.636. The van der Waals surface area contributed by atoms with E-state index in [-0.39, 0.29) is 6.61 Å². The zero-order valence-electron chi connectivity index (χ0n) is 8.72. The monoisotopic (exact) mass is 181 g/mol. The van der Waals surface area contributed by atoms with Gasteiger partial charge in [-0.05, 0) is 39.3 Å². The minimum Gasteiger partial charge on any atom is -0.392 e. The number of allylic oxidation sites excluding steroid dienone is 1. The van der Waals surface area contributed by atoms with Crippen LogP contribution < -0.4 is 5.32 Å². The summed E-state index contributed by atoms with van der Waals surface area (Å²) in [6.45, 7) is 7.57. The lowest BCUT2D eigenvalue weighted by Crippen LogP contribution is -2.34. The molecule has 1 aliphatic heterocycles. The second kappa shape index (κ2) is 4.58. The summed E-state index contributed by atoms with van der Waals surface area (Å²) in [5, 5.41) is 12.4. The molecular weight excluding hydrogens is 162 g/mol. The molecule has 1 rings (SSSR count). The molecule has 1 heterocycles. The van der Waals surface area contributed by atoms with Gasteiger partial charge in [0.05, 0.1) is 6.61 Å². The molecule has 2 nitrogen and oxygen atoms in total. The van der Waals surface area contributed by atoms with E-state index >= 15 is 0 Å². The van der Waals surface area contributed by atoms with Crippen molar-refractivity contribution in [2.45, 2.75) is 33.2 Å². The van der Waals surface area contributed by atoms with E-state index in [0.717, 1.165) is 18.5 Å². The standard InChI is InChI=1S/C11H19NO/c1-8(2)9(3)11-6-10(7-13)4-5-12-11/h6,11-13H,4-5,7H2,1-3H3. The maximum absolute atomic E-state index is 9.02. The molecular formula is C11H19NO. The van der Waals surface area contributed by atoms with Crippen LogP contribution in [0.5, 0.6) is 0 Å². The number of aliphatic hydroxyl groups is 1. The average molecular weight is 181 g/mol. The van der Waals surface area contributed by atoms with Crippen LogP contribution in [0.1, 0.15) is 27.2 Å². The highest BCUT2D eigenvalue weighted by molar-refractivity contribution is 5.25. The molecule has 0 fully saturated rings. The molecule has 1 aliphatic rings. The maximum atomic E-state index is 9.02. The Kier molecular flexibility index (Phi) is 3.70. The third-order valence-electron chi connectivity index (χ3n) is 2.67. The Morgan fingerprint density at radius 3 is 2.77 bits per heavy atom.